The maximum absolute atomic E-state index is 13.2. The Morgan fingerprint density at radius 1 is 1.28 bits per heavy atom. The molecule has 1 saturated carbocycles. The zero-order chi connectivity index (χ0) is 23.1. The number of rotatable bonds is 6. The third-order valence-electron chi connectivity index (χ3n) is 8.76. The fraction of sp³-hybridized carbons (Fsp3) is 0.731. The molecular formula is C26H36O6. The number of Topliss-reactive ketones (excluding diaryl/α,β-unsaturated/α-hetero) is 1. The van der Waals surface area contributed by atoms with Crippen LogP contribution in [-0.2, 0) is 19.0 Å². The molecule has 0 amide bonds. The largest absolute Gasteiger partial charge is 0.392 e. The third-order valence-corrected chi connectivity index (χ3v) is 8.76. The fourth-order valence-electron chi connectivity index (χ4n) is 7.29. The summed E-state index contributed by atoms with van der Waals surface area (Å²) in [5.74, 6) is -2.33. The van der Waals surface area contributed by atoms with E-state index in [0.717, 1.165) is 24.8 Å². The van der Waals surface area contributed by atoms with Gasteiger partial charge in [-0.1, -0.05) is 45.4 Å². The molecule has 6 heteroatoms. The molecule has 2 saturated heterocycles. The van der Waals surface area contributed by atoms with Crippen LogP contribution in [0.5, 0.6) is 0 Å². The number of hydrogen-bond donors (Lipinski definition) is 2. The van der Waals surface area contributed by atoms with Gasteiger partial charge in [-0.25, -0.2) is 0 Å². The molecule has 8 atom stereocenters. The predicted octanol–water partition coefficient (Wildman–Crippen LogP) is 3.57. The van der Waals surface area contributed by atoms with E-state index in [9.17, 15) is 15.0 Å². The molecule has 6 nitrogen and oxygen atoms in total. The second kappa shape index (κ2) is 7.09. The van der Waals surface area contributed by atoms with Gasteiger partial charge in [-0.2, -0.15) is 0 Å². The van der Waals surface area contributed by atoms with Crippen molar-refractivity contribution in [3.8, 4) is 0 Å². The number of ketones is 1. The van der Waals surface area contributed by atoms with Crippen LogP contribution in [0.15, 0.2) is 35.5 Å². The van der Waals surface area contributed by atoms with Crippen molar-refractivity contribution in [2.45, 2.75) is 95.1 Å². The molecule has 32 heavy (non-hydrogen) atoms. The van der Waals surface area contributed by atoms with E-state index in [0.29, 0.717) is 24.0 Å². The Hall–Kier alpha value is -1.31. The van der Waals surface area contributed by atoms with Crippen LogP contribution >= 0.6 is 0 Å². The summed E-state index contributed by atoms with van der Waals surface area (Å²) in [7, 11) is 0. The molecule has 5 aliphatic rings. The number of hydrogen-bond acceptors (Lipinski definition) is 6. The van der Waals surface area contributed by atoms with Crippen LogP contribution in [0.2, 0.25) is 0 Å². The Bertz CT molecular complexity index is 921. The zero-order valence-electron chi connectivity index (χ0n) is 19.6. The van der Waals surface area contributed by atoms with Crippen LogP contribution in [0.3, 0.4) is 0 Å². The molecule has 0 aromatic heterocycles. The number of fused-ring (bicyclic) bond motifs is 2. The summed E-state index contributed by atoms with van der Waals surface area (Å²) in [5, 5.41) is 22.0. The van der Waals surface area contributed by atoms with Gasteiger partial charge < -0.3 is 24.4 Å². The van der Waals surface area contributed by atoms with Gasteiger partial charge in [0.15, 0.2) is 5.78 Å². The van der Waals surface area contributed by atoms with E-state index >= 15 is 0 Å². The van der Waals surface area contributed by atoms with Gasteiger partial charge in [0.1, 0.15) is 17.3 Å². The maximum atomic E-state index is 13.2. The summed E-state index contributed by atoms with van der Waals surface area (Å²) in [6, 6.07) is 0. The number of carbonyl (C=O) groups is 1. The standard InChI is InChI=1S/C26H36O6/c1-6-7-8-9-25-30-22-19-11-18(14-27)13-23(29)20(10-16(4)21(23)28)26(19,32-25)17(5)12-24(22,31-25)15(2)3/h10-11,17,19-20,22,27,29H,2,6-9,12-14H2,1,3-5H3/t17-,19+,20-,22-,23-,24-,25?,26-/m1/s1. The van der Waals surface area contributed by atoms with Crippen LogP contribution in [0.4, 0.5) is 0 Å². The Balaban J connectivity index is 1.72. The first-order valence-electron chi connectivity index (χ1n) is 12.1. The van der Waals surface area contributed by atoms with Crippen molar-refractivity contribution in [1.29, 1.82) is 0 Å². The Kier molecular flexibility index (Phi) is 4.98. The molecule has 5 rings (SSSR count). The SMILES string of the molecule is C=C(C)[C@]12C[C@@H](C)[C@@]34OC(CCCCC)(O[C@@H]1[C@@H]3C=C(CO)C[C@]1(O)C(=O)C(C)=C[C@@H]41)O2. The molecule has 2 aliphatic heterocycles. The van der Waals surface area contributed by atoms with Crippen molar-refractivity contribution >= 4 is 5.78 Å². The first-order valence-corrected chi connectivity index (χ1v) is 12.1. The molecular weight excluding hydrogens is 408 g/mol. The van der Waals surface area contributed by atoms with E-state index in [2.05, 4.69) is 20.4 Å². The number of ether oxygens (including phenoxy) is 3. The van der Waals surface area contributed by atoms with E-state index in [1.54, 1.807) is 6.92 Å². The van der Waals surface area contributed by atoms with Crippen LogP contribution < -0.4 is 0 Å². The van der Waals surface area contributed by atoms with Gasteiger partial charge in [0, 0.05) is 24.7 Å². The minimum Gasteiger partial charge on any atom is -0.392 e. The molecule has 3 aliphatic carbocycles. The molecule has 3 bridgehead atoms. The quantitative estimate of drug-likeness (QED) is 0.481. The van der Waals surface area contributed by atoms with Crippen LogP contribution in [0, 0.1) is 17.8 Å². The lowest BCUT2D eigenvalue weighted by Gasteiger charge is -2.59. The molecule has 2 N–H and O–H groups in total. The zero-order valence-corrected chi connectivity index (χ0v) is 19.6. The van der Waals surface area contributed by atoms with E-state index in [1.165, 1.54) is 0 Å². The van der Waals surface area contributed by atoms with Crippen LogP contribution in [-0.4, -0.2) is 51.5 Å². The molecule has 0 spiro atoms. The summed E-state index contributed by atoms with van der Waals surface area (Å²) in [4.78, 5) is 13.2. The predicted molar refractivity (Wildman–Crippen MR) is 118 cm³/mol. The van der Waals surface area contributed by atoms with E-state index in [1.807, 2.05) is 19.1 Å². The van der Waals surface area contributed by atoms with Gasteiger partial charge in [0.05, 0.1) is 12.2 Å². The fourth-order valence-corrected chi connectivity index (χ4v) is 7.29. The van der Waals surface area contributed by atoms with Crippen LogP contribution in [0.25, 0.3) is 0 Å². The van der Waals surface area contributed by atoms with Gasteiger partial charge in [0.2, 0.25) is 0 Å². The molecule has 0 aromatic carbocycles. The Labute approximate surface area is 190 Å². The van der Waals surface area contributed by atoms with Crippen molar-refractivity contribution < 1.29 is 29.2 Å². The average molecular weight is 445 g/mol. The normalized spacial score (nSPS) is 48.8. The highest BCUT2D eigenvalue weighted by molar-refractivity contribution is 6.04. The van der Waals surface area contributed by atoms with Crippen LogP contribution in [0.1, 0.15) is 66.2 Å². The minimum atomic E-state index is -1.63. The minimum absolute atomic E-state index is 0.0295. The Morgan fingerprint density at radius 3 is 2.69 bits per heavy atom. The Morgan fingerprint density at radius 2 is 2.03 bits per heavy atom. The summed E-state index contributed by atoms with van der Waals surface area (Å²) >= 11 is 0. The number of aliphatic hydroxyl groups excluding tert-OH is 1. The third kappa shape index (κ3) is 2.62. The van der Waals surface area contributed by atoms with Gasteiger partial charge in [-0.05, 0) is 49.3 Å². The highest BCUT2D eigenvalue weighted by Gasteiger charge is 2.78. The van der Waals surface area contributed by atoms with Gasteiger partial charge >= 0.3 is 0 Å². The van der Waals surface area contributed by atoms with Crippen molar-refractivity contribution in [2.75, 3.05) is 6.61 Å². The lowest BCUT2D eigenvalue weighted by Crippen LogP contribution is -2.70. The first-order chi connectivity index (χ1) is 15.1. The first kappa shape index (κ1) is 22.5. The number of carbonyl (C=O) groups excluding carboxylic acids is 1. The van der Waals surface area contributed by atoms with Gasteiger partial charge in [-0.15, -0.1) is 0 Å². The molecule has 0 aromatic rings. The van der Waals surface area contributed by atoms with Crippen molar-refractivity contribution in [1.82, 2.24) is 0 Å². The smallest absolute Gasteiger partial charge is 0.284 e. The molecule has 3 fully saturated rings. The second-order valence-electron chi connectivity index (χ2n) is 10.8. The molecule has 0 radical (unpaired) electrons. The molecule has 2 heterocycles. The highest BCUT2D eigenvalue weighted by atomic mass is 16.9. The number of unbranched alkanes of at least 4 members (excludes halogenated alkanes) is 2. The maximum Gasteiger partial charge on any atom is 0.284 e. The van der Waals surface area contributed by atoms with E-state index in [-0.39, 0.29) is 36.8 Å². The topological polar surface area (TPSA) is 85.2 Å². The summed E-state index contributed by atoms with van der Waals surface area (Å²) < 4.78 is 20.3. The van der Waals surface area contributed by atoms with E-state index in [4.69, 9.17) is 14.2 Å². The number of aliphatic hydroxyl groups is 2. The lowest BCUT2D eigenvalue weighted by molar-refractivity contribution is -0.424. The average Bonchev–Trinajstić information content (AvgIpc) is 3.04. The highest BCUT2D eigenvalue weighted by Crippen LogP contribution is 2.68. The summed E-state index contributed by atoms with van der Waals surface area (Å²) in [6.07, 6.45) is 7.88. The monoisotopic (exact) mass is 444 g/mol. The van der Waals surface area contributed by atoms with Gasteiger partial charge in [-0.3, -0.25) is 4.79 Å². The van der Waals surface area contributed by atoms with Gasteiger partial charge in [0.25, 0.3) is 5.97 Å². The second-order valence-corrected chi connectivity index (χ2v) is 10.8. The lowest BCUT2D eigenvalue weighted by atomic mass is 9.55. The summed E-state index contributed by atoms with van der Waals surface area (Å²) in [6.45, 7) is 12.1. The molecule has 1 unspecified atom stereocenters. The van der Waals surface area contributed by atoms with Crippen molar-refractivity contribution in [2.24, 2.45) is 17.8 Å². The summed E-state index contributed by atoms with van der Waals surface area (Å²) in [5.41, 5.74) is -1.11. The van der Waals surface area contributed by atoms with Crippen molar-refractivity contribution in [3.05, 3.63) is 35.5 Å². The molecule has 176 valence electrons. The van der Waals surface area contributed by atoms with Crippen molar-refractivity contribution in [3.63, 3.8) is 0 Å². The van der Waals surface area contributed by atoms with E-state index < -0.39 is 28.7 Å².